The van der Waals surface area contributed by atoms with Crippen LogP contribution in [0.2, 0.25) is 0 Å². The fourth-order valence-electron chi connectivity index (χ4n) is 3.20. The molecule has 1 aliphatic heterocycles. The number of likely N-dealkylation sites (N-methyl/N-ethyl adjacent to an activating group) is 1. The second-order valence-electron chi connectivity index (χ2n) is 7.63. The Labute approximate surface area is 178 Å². The molecule has 0 aromatic heterocycles. The van der Waals surface area contributed by atoms with Crippen LogP contribution in [0.15, 0.2) is 36.5 Å². The van der Waals surface area contributed by atoms with E-state index in [0.717, 1.165) is 0 Å². The van der Waals surface area contributed by atoms with E-state index in [9.17, 15) is 19.2 Å². The summed E-state index contributed by atoms with van der Waals surface area (Å²) in [5.41, 5.74) is 0. The molecule has 3 N–H and O–H groups in total. The molecule has 3 atom stereocenters. The molecule has 8 nitrogen and oxygen atoms in total. The molecular weight excluding hydrogens is 384 g/mol. The maximum Gasteiger partial charge on any atom is 0.245 e. The van der Waals surface area contributed by atoms with Crippen LogP contribution < -0.4 is 16.0 Å². The van der Waals surface area contributed by atoms with Gasteiger partial charge in [0.1, 0.15) is 18.1 Å². The Balaban J connectivity index is 3.03. The number of rotatable bonds is 5. The number of hydrogen-bond donors (Lipinski definition) is 3. The fraction of sp³-hybridized carbons (Fsp3) is 0.545. The largest absolute Gasteiger partial charge is 0.354 e. The Hall–Kier alpha value is -2.90. The molecule has 4 amide bonds. The van der Waals surface area contributed by atoms with Gasteiger partial charge in [0, 0.05) is 19.7 Å². The standard InChI is InChI=1S/C22H34N4O4/c1-6-7-8-9-10-13-18(27)25-17-12-11-14-23-20(28)16(4)24-21(29)19(15(2)3)26(5)22(17)30/h6-10,13,15-17,19H,11-12,14H2,1-5H3,(H,23,28)(H,24,29)(H,25,27)/t16-,17-,19-/m0/s1. The van der Waals surface area contributed by atoms with Crippen LogP contribution in [0.3, 0.4) is 0 Å². The molecule has 0 aromatic rings. The highest BCUT2D eigenvalue weighted by atomic mass is 16.2. The second kappa shape index (κ2) is 12.6. The Morgan fingerprint density at radius 2 is 1.80 bits per heavy atom. The number of nitrogens with one attached hydrogen (secondary N) is 3. The lowest BCUT2D eigenvalue weighted by Gasteiger charge is -2.34. The summed E-state index contributed by atoms with van der Waals surface area (Å²) >= 11 is 0. The second-order valence-corrected chi connectivity index (χ2v) is 7.63. The Kier molecular flexibility index (Phi) is 10.6. The third-order valence-corrected chi connectivity index (χ3v) is 4.77. The molecule has 0 unspecified atom stereocenters. The molecular formula is C22H34N4O4. The van der Waals surface area contributed by atoms with E-state index in [1.807, 2.05) is 32.9 Å². The topological polar surface area (TPSA) is 108 Å². The zero-order chi connectivity index (χ0) is 22.7. The Bertz CT molecular complexity index is 712. The molecule has 1 heterocycles. The van der Waals surface area contributed by atoms with Gasteiger partial charge in [-0.05, 0) is 32.6 Å². The molecule has 0 aliphatic carbocycles. The van der Waals surface area contributed by atoms with Gasteiger partial charge in [-0.15, -0.1) is 0 Å². The van der Waals surface area contributed by atoms with Crippen molar-refractivity contribution in [2.75, 3.05) is 13.6 Å². The fourth-order valence-corrected chi connectivity index (χ4v) is 3.20. The predicted octanol–water partition coefficient (Wildman–Crippen LogP) is 1.06. The lowest BCUT2D eigenvalue weighted by Crippen LogP contribution is -2.58. The minimum Gasteiger partial charge on any atom is -0.354 e. The summed E-state index contributed by atoms with van der Waals surface area (Å²) in [7, 11) is 1.55. The van der Waals surface area contributed by atoms with E-state index >= 15 is 0 Å². The van der Waals surface area contributed by atoms with Crippen LogP contribution in [0.1, 0.15) is 40.5 Å². The number of carbonyl (C=O) groups is 4. The van der Waals surface area contributed by atoms with Crippen molar-refractivity contribution in [2.24, 2.45) is 5.92 Å². The van der Waals surface area contributed by atoms with Crippen molar-refractivity contribution >= 4 is 23.6 Å². The molecule has 0 spiro atoms. The van der Waals surface area contributed by atoms with E-state index in [-0.39, 0.29) is 17.7 Å². The lowest BCUT2D eigenvalue weighted by atomic mass is 9.99. The van der Waals surface area contributed by atoms with Crippen molar-refractivity contribution in [3.05, 3.63) is 36.5 Å². The zero-order valence-corrected chi connectivity index (χ0v) is 18.5. The summed E-state index contributed by atoms with van der Waals surface area (Å²) in [6, 6.07) is -2.25. The zero-order valence-electron chi connectivity index (χ0n) is 18.5. The molecule has 0 bridgehead atoms. The summed E-state index contributed by atoms with van der Waals surface area (Å²) in [4.78, 5) is 51.7. The van der Waals surface area contributed by atoms with Gasteiger partial charge < -0.3 is 20.9 Å². The van der Waals surface area contributed by atoms with Gasteiger partial charge in [-0.1, -0.05) is 44.2 Å². The van der Waals surface area contributed by atoms with Crippen molar-refractivity contribution in [1.29, 1.82) is 0 Å². The van der Waals surface area contributed by atoms with Gasteiger partial charge in [0.15, 0.2) is 0 Å². The third-order valence-electron chi connectivity index (χ3n) is 4.77. The molecule has 166 valence electrons. The first-order chi connectivity index (χ1) is 14.2. The molecule has 8 heteroatoms. The highest BCUT2D eigenvalue weighted by molar-refractivity contribution is 5.96. The van der Waals surface area contributed by atoms with Crippen LogP contribution in [-0.2, 0) is 19.2 Å². The van der Waals surface area contributed by atoms with Crippen molar-refractivity contribution in [3.63, 3.8) is 0 Å². The van der Waals surface area contributed by atoms with Crippen LogP contribution in [0.4, 0.5) is 0 Å². The van der Waals surface area contributed by atoms with E-state index in [2.05, 4.69) is 16.0 Å². The number of carbonyl (C=O) groups excluding carboxylic acids is 4. The van der Waals surface area contributed by atoms with E-state index in [1.54, 1.807) is 32.2 Å². The van der Waals surface area contributed by atoms with E-state index in [0.29, 0.717) is 19.4 Å². The first-order valence-electron chi connectivity index (χ1n) is 10.3. The molecule has 1 aliphatic rings. The van der Waals surface area contributed by atoms with E-state index in [4.69, 9.17) is 0 Å². The molecule has 0 aromatic carbocycles. The van der Waals surface area contributed by atoms with Gasteiger partial charge in [-0.3, -0.25) is 19.2 Å². The molecule has 1 rings (SSSR count). The van der Waals surface area contributed by atoms with Gasteiger partial charge in [0.25, 0.3) is 0 Å². The summed E-state index contributed by atoms with van der Waals surface area (Å²) < 4.78 is 0. The maximum atomic E-state index is 13.1. The van der Waals surface area contributed by atoms with Crippen molar-refractivity contribution in [1.82, 2.24) is 20.9 Å². The minimum absolute atomic E-state index is 0.176. The van der Waals surface area contributed by atoms with E-state index < -0.39 is 29.9 Å². The van der Waals surface area contributed by atoms with Gasteiger partial charge in [-0.2, -0.15) is 0 Å². The van der Waals surface area contributed by atoms with Crippen LogP contribution in [0.25, 0.3) is 0 Å². The lowest BCUT2D eigenvalue weighted by molar-refractivity contribution is -0.144. The van der Waals surface area contributed by atoms with Crippen LogP contribution in [0.5, 0.6) is 0 Å². The summed E-state index contributed by atoms with van der Waals surface area (Å²) in [5, 5.41) is 8.14. The number of nitrogens with zero attached hydrogens (tertiary/aromatic N) is 1. The van der Waals surface area contributed by atoms with Crippen molar-refractivity contribution < 1.29 is 19.2 Å². The summed E-state index contributed by atoms with van der Waals surface area (Å²) in [6.07, 6.45) is 11.0. The molecule has 30 heavy (non-hydrogen) atoms. The average molecular weight is 419 g/mol. The van der Waals surface area contributed by atoms with Crippen LogP contribution >= 0.6 is 0 Å². The highest BCUT2D eigenvalue weighted by Gasteiger charge is 2.35. The number of allylic oxidation sites excluding steroid dienone is 5. The number of hydrogen-bond acceptors (Lipinski definition) is 4. The maximum absolute atomic E-state index is 13.1. The van der Waals surface area contributed by atoms with Gasteiger partial charge in [-0.25, -0.2) is 0 Å². The van der Waals surface area contributed by atoms with Crippen LogP contribution in [0, 0.1) is 5.92 Å². The summed E-state index contributed by atoms with van der Waals surface area (Å²) in [5.74, 6) is -1.60. The van der Waals surface area contributed by atoms with Gasteiger partial charge in [0.05, 0.1) is 0 Å². The van der Waals surface area contributed by atoms with Crippen molar-refractivity contribution in [2.45, 2.75) is 58.7 Å². The number of amides is 4. The van der Waals surface area contributed by atoms with Crippen LogP contribution in [-0.4, -0.2) is 60.2 Å². The minimum atomic E-state index is -0.797. The molecule has 1 saturated heterocycles. The Morgan fingerprint density at radius 1 is 1.13 bits per heavy atom. The quantitative estimate of drug-likeness (QED) is 0.458. The monoisotopic (exact) mass is 418 g/mol. The first-order valence-corrected chi connectivity index (χ1v) is 10.3. The third kappa shape index (κ3) is 7.85. The SMILES string of the molecule is CC=CC=CC=CC(=O)N[C@H]1CCCNC(=O)[C@H](C)NC(=O)[C@H](C(C)C)N(C)C1=O. The average Bonchev–Trinajstić information content (AvgIpc) is 2.68. The normalized spacial score (nSPS) is 24.8. The predicted molar refractivity (Wildman–Crippen MR) is 116 cm³/mol. The van der Waals surface area contributed by atoms with Gasteiger partial charge >= 0.3 is 0 Å². The Morgan fingerprint density at radius 3 is 2.43 bits per heavy atom. The van der Waals surface area contributed by atoms with Crippen molar-refractivity contribution in [3.8, 4) is 0 Å². The van der Waals surface area contributed by atoms with Gasteiger partial charge in [0.2, 0.25) is 23.6 Å². The van der Waals surface area contributed by atoms with E-state index in [1.165, 1.54) is 11.0 Å². The first kappa shape index (κ1) is 25.1. The molecule has 1 fully saturated rings. The smallest absolute Gasteiger partial charge is 0.245 e. The summed E-state index contributed by atoms with van der Waals surface area (Å²) in [6.45, 7) is 7.51. The molecule has 0 saturated carbocycles. The highest BCUT2D eigenvalue weighted by Crippen LogP contribution is 2.14. The molecule has 0 radical (unpaired) electrons.